The first-order valence-electron chi connectivity index (χ1n) is 10.1. The molecule has 0 N–H and O–H groups in total. The topological polar surface area (TPSA) is 93.5 Å². The molecular formula is C21H32N6O3. The molecule has 0 saturated heterocycles. The van der Waals surface area contributed by atoms with Gasteiger partial charge in [-0.2, -0.15) is 4.80 Å². The number of esters is 1. The summed E-state index contributed by atoms with van der Waals surface area (Å²) in [6.45, 7) is 6.98. The molecule has 0 saturated carbocycles. The van der Waals surface area contributed by atoms with Gasteiger partial charge in [0, 0.05) is 25.1 Å². The summed E-state index contributed by atoms with van der Waals surface area (Å²) >= 11 is 0. The molecule has 0 radical (unpaired) electrons. The lowest BCUT2D eigenvalue weighted by Gasteiger charge is -2.26. The number of amides is 1. The highest BCUT2D eigenvalue weighted by Gasteiger charge is 2.22. The van der Waals surface area contributed by atoms with Crippen molar-refractivity contribution in [3.63, 3.8) is 0 Å². The number of tetrazole rings is 1. The third-order valence-corrected chi connectivity index (χ3v) is 4.14. The second kappa shape index (κ2) is 10.8. The fraction of sp³-hybridized carbons (Fsp3) is 0.571. The van der Waals surface area contributed by atoms with Crippen molar-refractivity contribution >= 4 is 11.9 Å². The Morgan fingerprint density at radius 3 is 2.43 bits per heavy atom. The number of benzene rings is 1. The van der Waals surface area contributed by atoms with E-state index in [0.717, 1.165) is 5.56 Å². The minimum Gasteiger partial charge on any atom is -0.459 e. The van der Waals surface area contributed by atoms with Gasteiger partial charge in [0.2, 0.25) is 11.7 Å². The van der Waals surface area contributed by atoms with Crippen LogP contribution in [0, 0.1) is 0 Å². The zero-order chi connectivity index (χ0) is 22.1. The number of ether oxygens (including phenoxy) is 1. The van der Waals surface area contributed by atoms with E-state index in [4.69, 9.17) is 4.74 Å². The lowest BCUT2D eigenvalue weighted by Crippen LogP contribution is -2.42. The van der Waals surface area contributed by atoms with E-state index in [2.05, 4.69) is 15.4 Å². The molecule has 9 nitrogen and oxygen atoms in total. The Kier molecular flexibility index (Phi) is 8.46. The summed E-state index contributed by atoms with van der Waals surface area (Å²) < 4.78 is 5.36. The Hall–Kier alpha value is -2.81. The Morgan fingerprint density at radius 2 is 1.80 bits per heavy atom. The number of aryl methyl sites for hydroxylation is 1. The summed E-state index contributed by atoms with van der Waals surface area (Å²) in [6, 6.07) is 9.61. The maximum atomic E-state index is 12.7. The molecule has 1 heterocycles. The highest BCUT2D eigenvalue weighted by atomic mass is 16.6. The summed E-state index contributed by atoms with van der Waals surface area (Å²) in [7, 11) is 3.85. The third-order valence-electron chi connectivity index (χ3n) is 4.14. The number of likely N-dealkylation sites (N-methyl/N-ethyl adjacent to an activating group) is 1. The van der Waals surface area contributed by atoms with Gasteiger partial charge in [0.05, 0.1) is 6.54 Å². The standard InChI is InChI=1S/C21H32N6O3/c1-21(2,3)30-19(29)16-26(15-14-25(4)5)18(28)12-9-13-27-23-20(22-24-27)17-10-7-6-8-11-17/h6-8,10-11H,9,12-16H2,1-5H3. The maximum absolute atomic E-state index is 12.7. The third kappa shape index (κ3) is 8.28. The Labute approximate surface area is 178 Å². The molecular weight excluding hydrogens is 384 g/mol. The first kappa shape index (κ1) is 23.5. The van der Waals surface area contributed by atoms with Gasteiger partial charge in [0.25, 0.3) is 0 Å². The molecule has 1 amide bonds. The molecule has 0 fully saturated rings. The van der Waals surface area contributed by atoms with E-state index >= 15 is 0 Å². The molecule has 1 aromatic heterocycles. The van der Waals surface area contributed by atoms with Gasteiger partial charge in [-0.05, 0) is 46.5 Å². The Morgan fingerprint density at radius 1 is 1.10 bits per heavy atom. The fourth-order valence-corrected chi connectivity index (χ4v) is 2.71. The Bertz CT molecular complexity index is 814. The van der Waals surface area contributed by atoms with Crippen molar-refractivity contribution in [3.05, 3.63) is 30.3 Å². The number of carbonyl (C=O) groups is 2. The smallest absolute Gasteiger partial charge is 0.326 e. The van der Waals surface area contributed by atoms with E-state index in [1.165, 1.54) is 4.80 Å². The van der Waals surface area contributed by atoms with E-state index in [-0.39, 0.29) is 12.5 Å². The van der Waals surface area contributed by atoms with E-state index in [1.807, 2.05) is 70.1 Å². The van der Waals surface area contributed by atoms with Gasteiger partial charge in [0.15, 0.2) is 0 Å². The molecule has 0 bridgehead atoms. The number of nitrogens with zero attached hydrogens (tertiary/aromatic N) is 6. The Balaban J connectivity index is 1.88. The highest BCUT2D eigenvalue weighted by Crippen LogP contribution is 2.12. The molecule has 164 valence electrons. The lowest BCUT2D eigenvalue weighted by molar-refractivity contribution is -0.159. The van der Waals surface area contributed by atoms with Crippen molar-refractivity contribution in [1.82, 2.24) is 30.0 Å². The van der Waals surface area contributed by atoms with Crippen LogP contribution in [0.25, 0.3) is 11.4 Å². The second-order valence-corrected chi connectivity index (χ2v) is 8.38. The lowest BCUT2D eigenvalue weighted by atomic mass is 10.2. The van der Waals surface area contributed by atoms with Crippen molar-refractivity contribution in [3.8, 4) is 11.4 Å². The zero-order valence-electron chi connectivity index (χ0n) is 18.5. The number of hydrogen-bond donors (Lipinski definition) is 0. The molecule has 2 rings (SSSR count). The predicted molar refractivity (Wildman–Crippen MR) is 113 cm³/mol. The van der Waals surface area contributed by atoms with Crippen LogP contribution in [0.4, 0.5) is 0 Å². The molecule has 0 spiro atoms. The molecule has 2 aromatic rings. The summed E-state index contributed by atoms with van der Waals surface area (Å²) in [6.07, 6.45) is 0.842. The molecule has 0 aliphatic carbocycles. The summed E-state index contributed by atoms with van der Waals surface area (Å²) in [5.74, 6) is 0.0608. The molecule has 9 heteroatoms. The van der Waals surface area contributed by atoms with Crippen molar-refractivity contribution in [2.75, 3.05) is 33.7 Å². The van der Waals surface area contributed by atoms with Crippen LogP contribution < -0.4 is 0 Å². The van der Waals surface area contributed by atoms with Crippen LogP contribution >= 0.6 is 0 Å². The van der Waals surface area contributed by atoms with Gasteiger partial charge in [0.1, 0.15) is 12.1 Å². The van der Waals surface area contributed by atoms with Crippen molar-refractivity contribution in [1.29, 1.82) is 0 Å². The van der Waals surface area contributed by atoms with Crippen LogP contribution in [0.2, 0.25) is 0 Å². The molecule has 0 unspecified atom stereocenters. The number of rotatable bonds is 10. The van der Waals surface area contributed by atoms with E-state index in [9.17, 15) is 9.59 Å². The molecule has 30 heavy (non-hydrogen) atoms. The molecule has 1 aromatic carbocycles. The highest BCUT2D eigenvalue weighted by molar-refractivity contribution is 5.82. The monoisotopic (exact) mass is 416 g/mol. The van der Waals surface area contributed by atoms with Gasteiger partial charge in [-0.1, -0.05) is 30.3 Å². The zero-order valence-corrected chi connectivity index (χ0v) is 18.5. The quantitative estimate of drug-likeness (QED) is 0.546. The largest absolute Gasteiger partial charge is 0.459 e. The normalized spacial score (nSPS) is 11.5. The van der Waals surface area contributed by atoms with Crippen LogP contribution in [-0.2, 0) is 20.9 Å². The summed E-state index contributed by atoms with van der Waals surface area (Å²) in [5.41, 5.74) is 0.315. The van der Waals surface area contributed by atoms with Gasteiger partial charge in [-0.3, -0.25) is 9.59 Å². The van der Waals surface area contributed by atoms with E-state index in [1.54, 1.807) is 4.90 Å². The molecule has 0 atom stereocenters. The van der Waals surface area contributed by atoms with Crippen LogP contribution in [-0.4, -0.2) is 81.2 Å². The minimum atomic E-state index is -0.581. The van der Waals surface area contributed by atoms with E-state index in [0.29, 0.717) is 38.3 Å². The van der Waals surface area contributed by atoms with Gasteiger partial charge < -0.3 is 14.5 Å². The average molecular weight is 417 g/mol. The number of hydrogen-bond acceptors (Lipinski definition) is 7. The van der Waals surface area contributed by atoms with Gasteiger partial charge in [-0.25, -0.2) is 0 Å². The van der Waals surface area contributed by atoms with Crippen LogP contribution in [0.15, 0.2) is 30.3 Å². The maximum Gasteiger partial charge on any atom is 0.326 e. The van der Waals surface area contributed by atoms with Crippen LogP contribution in [0.3, 0.4) is 0 Å². The van der Waals surface area contributed by atoms with Gasteiger partial charge >= 0.3 is 5.97 Å². The van der Waals surface area contributed by atoms with E-state index < -0.39 is 11.6 Å². The van der Waals surface area contributed by atoms with Crippen molar-refractivity contribution in [2.24, 2.45) is 0 Å². The number of carbonyl (C=O) groups excluding carboxylic acids is 2. The minimum absolute atomic E-state index is 0.0519. The fourth-order valence-electron chi connectivity index (χ4n) is 2.71. The summed E-state index contributed by atoms with van der Waals surface area (Å²) in [5, 5.41) is 12.5. The average Bonchev–Trinajstić information content (AvgIpc) is 3.13. The van der Waals surface area contributed by atoms with Crippen molar-refractivity contribution < 1.29 is 14.3 Å². The van der Waals surface area contributed by atoms with Crippen LogP contribution in [0.1, 0.15) is 33.6 Å². The first-order chi connectivity index (χ1) is 14.1. The first-order valence-corrected chi connectivity index (χ1v) is 10.1. The number of aromatic nitrogens is 4. The molecule has 0 aliphatic heterocycles. The van der Waals surface area contributed by atoms with Crippen molar-refractivity contribution in [2.45, 2.75) is 45.8 Å². The molecule has 0 aliphatic rings. The summed E-state index contributed by atoms with van der Waals surface area (Å²) in [4.78, 5) is 29.9. The second-order valence-electron chi connectivity index (χ2n) is 8.38. The predicted octanol–water partition coefficient (Wildman–Crippen LogP) is 1.85. The van der Waals surface area contributed by atoms with Crippen LogP contribution in [0.5, 0.6) is 0 Å². The van der Waals surface area contributed by atoms with Gasteiger partial charge in [-0.15, -0.1) is 10.2 Å². The SMILES string of the molecule is CN(C)CCN(CC(=O)OC(C)(C)C)C(=O)CCCn1nnc(-c2ccccc2)n1.